The van der Waals surface area contributed by atoms with Gasteiger partial charge in [-0.1, -0.05) is 31.2 Å². The van der Waals surface area contributed by atoms with Gasteiger partial charge in [-0.2, -0.15) is 0 Å². The van der Waals surface area contributed by atoms with Crippen molar-refractivity contribution in [3.05, 3.63) is 48.3 Å². The summed E-state index contributed by atoms with van der Waals surface area (Å²) in [6, 6.07) is 10.4. The molecule has 0 amide bonds. The van der Waals surface area contributed by atoms with Crippen LogP contribution in [-0.2, 0) is 6.42 Å². The zero-order valence-electron chi connectivity index (χ0n) is 8.77. The molecule has 0 spiro atoms. The molecule has 0 atom stereocenters. The van der Waals surface area contributed by atoms with E-state index < -0.39 is 0 Å². The second-order valence-corrected chi connectivity index (χ2v) is 3.56. The van der Waals surface area contributed by atoms with Gasteiger partial charge in [0.25, 0.3) is 0 Å². The highest BCUT2D eigenvalue weighted by Gasteiger charge is 1.99. The van der Waals surface area contributed by atoms with E-state index in [9.17, 15) is 0 Å². The van der Waals surface area contributed by atoms with Crippen molar-refractivity contribution in [3.8, 4) is 11.1 Å². The first-order valence-electron chi connectivity index (χ1n) is 5.09. The molecule has 1 heterocycles. The van der Waals surface area contributed by atoms with Gasteiger partial charge in [0.15, 0.2) is 0 Å². The minimum atomic E-state index is 0.703. The van der Waals surface area contributed by atoms with Gasteiger partial charge >= 0.3 is 0 Å². The van der Waals surface area contributed by atoms with E-state index in [0.29, 0.717) is 5.69 Å². The number of hydrogen-bond acceptors (Lipinski definition) is 2. The van der Waals surface area contributed by atoms with Crippen LogP contribution in [0.4, 0.5) is 5.69 Å². The molecule has 0 saturated heterocycles. The smallest absolute Gasteiger partial charge is 0.0506 e. The Morgan fingerprint density at radius 2 is 2.00 bits per heavy atom. The number of benzene rings is 1. The molecule has 0 aliphatic carbocycles. The Bertz CT molecular complexity index is 464. The quantitative estimate of drug-likeness (QED) is 0.805. The fraction of sp³-hybridized carbons (Fsp3) is 0.154. The lowest BCUT2D eigenvalue weighted by Gasteiger charge is -2.04. The van der Waals surface area contributed by atoms with E-state index in [4.69, 9.17) is 5.73 Å². The van der Waals surface area contributed by atoms with E-state index >= 15 is 0 Å². The lowest BCUT2D eigenvalue weighted by molar-refractivity contribution is 1.14. The summed E-state index contributed by atoms with van der Waals surface area (Å²) >= 11 is 0. The van der Waals surface area contributed by atoms with Gasteiger partial charge < -0.3 is 5.73 Å². The third kappa shape index (κ3) is 2.15. The molecule has 0 radical (unpaired) electrons. The first kappa shape index (κ1) is 9.71. The number of rotatable bonds is 2. The average molecular weight is 198 g/mol. The lowest BCUT2D eigenvalue weighted by Crippen LogP contribution is -1.88. The highest BCUT2D eigenvalue weighted by molar-refractivity contribution is 5.66. The van der Waals surface area contributed by atoms with E-state index in [1.807, 2.05) is 12.3 Å². The molecule has 15 heavy (non-hydrogen) atoms. The maximum absolute atomic E-state index is 5.70. The van der Waals surface area contributed by atoms with Crippen LogP contribution in [0.1, 0.15) is 12.5 Å². The summed E-state index contributed by atoms with van der Waals surface area (Å²) in [6.45, 7) is 2.15. The zero-order valence-corrected chi connectivity index (χ0v) is 8.77. The first-order chi connectivity index (χ1) is 7.29. The second-order valence-electron chi connectivity index (χ2n) is 3.56. The van der Waals surface area contributed by atoms with E-state index in [1.165, 1.54) is 11.1 Å². The molecular formula is C13H14N2. The molecule has 1 aromatic carbocycles. The van der Waals surface area contributed by atoms with Gasteiger partial charge in [0.2, 0.25) is 0 Å². The molecule has 2 nitrogen and oxygen atoms in total. The summed E-state index contributed by atoms with van der Waals surface area (Å²) in [5.74, 6) is 0. The van der Waals surface area contributed by atoms with Gasteiger partial charge in [-0.15, -0.1) is 0 Å². The van der Waals surface area contributed by atoms with Crippen LogP contribution in [-0.4, -0.2) is 4.98 Å². The fourth-order valence-corrected chi connectivity index (χ4v) is 1.59. The monoisotopic (exact) mass is 198 g/mol. The molecule has 0 saturated carbocycles. The highest BCUT2D eigenvalue weighted by Crippen LogP contribution is 2.21. The van der Waals surface area contributed by atoms with Gasteiger partial charge in [-0.3, -0.25) is 4.98 Å². The molecule has 0 fully saturated rings. The standard InChI is InChI=1S/C13H14N2/c1-2-10-4-3-5-11(6-10)12-7-13(14)9-15-8-12/h3-9H,2,14H2,1H3. The normalized spacial score (nSPS) is 10.2. The fourth-order valence-electron chi connectivity index (χ4n) is 1.59. The van der Waals surface area contributed by atoms with Gasteiger partial charge in [0.1, 0.15) is 0 Å². The van der Waals surface area contributed by atoms with Crippen LogP contribution >= 0.6 is 0 Å². The third-order valence-corrected chi connectivity index (χ3v) is 2.43. The van der Waals surface area contributed by atoms with E-state index in [2.05, 4.69) is 36.2 Å². The number of nitrogens with two attached hydrogens (primary N) is 1. The van der Waals surface area contributed by atoms with E-state index in [-0.39, 0.29) is 0 Å². The SMILES string of the molecule is CCc1cccc(-c2cncc(N)c2)c1. The maximum atomic E-state index is 5.70. The molecule has 76 valence electrons. The summed E-state index contributed by atoms with van der Waals surface area (Å²) in [7, 11) is 0. The first-order valence-corrected chi connectivity index (χ1v) is 5.09. The van der Waals surface area contributed by atoms with Crippen LogP contribution in [0.2, 0.25) is 0 Å². The summed E-state index contributed by atoms with van der Waals surface area (Å²) in [4.78, 5) is 4.09. The van der Waals surface area contributed by atoms with Crippen molar-refractivity contribution in [3.63, 3.8) is 0 Å². The molecule has 1 aromatic heterocycles. The van der Waals surface area contributed by atoms with Crippen molar-refractivity contribution in [2.75, 3.05) is 5.73 Å². The van der Waals surface area contributed by atoms with Crippen LogP contribution in [0.5, 0.6) is 0 Å². The molecule has 2 heteroatoms. The number of nitrogens with zero attached hydrogens (tertiary/aromatic N) is 1. The van der Waals surface area contributed by atoms with Crippen molar-refractivity contribution >= 4 is 5.69 Å². The van der Waals surface area contributed by atoms with Crippen LogP contribution in [0.15, 0.2) is 42.7 Å². The zero-order chi connectivity index (χ0) is 10.7. The van der Waals surface area contributed by atoms with E-state index in [1.54, 1.807) is 6.20 Å². The Morgan fingerprint density at radius 3 is 2.73 bits per heavy atom. The minimum Gasteiger partial charge on any atom is -0.397 e. The Hall–Kier alpha value is -1.83. The van der Waals surface area contributed by atoms with Crippen molar-refractivity contribution in [1.82, 2.24) is 4.98 Å². The maximum Gasteiger partial charge on any atom is 0.0506 e. The summed E-state index contributed by atoms with van der Waals surface area (Å²) < 4.78 is 0. The largest absolute Gasteiger partial charge is 0.397 e. The number of nitrogen functional groups attached to an aromatic ring is 1. The Labute approximate surface area is 89.8 Å². The molecule has 0 aliphatic heterocycles. The van der Waals surface area contributed by atoms with E-state index in [0.717, 1.165) is 12.0 Å². The van der Waals surface area contributed by atoms with Crippen LogP contribution in [0.3, 0.4) is 0 Å². The molecule has 2 N–H and O–H groups in total. The van der Waals surface area contributed by atoms with Crippen LogP contribution in [0.25, 0.3) is 11.1 Å². The van der Waals surface area contributed by atoms with Gasteiger partial charge in [-0.05, 0) is 23.6 Å². The number of aryl methyl sites for hydroxylation is 1. The summed E-state index contributed by atoms with van der Waals surface area (Å²) in [6.07, 6.45) is 4.54. The second kappa shape index (κ2) is 4.13. The van der Waals surface area contributed by atoms with Crippen molar-refractivity contribution in [2.45, 2.75) is 13.3 Å². The minimum absolute atomic E-state index is 0.703. The lowest BCUT2D eigenvalue weighted by atomic mass is 10.0. The average Bonchev–Trinajstić information content (AvgIpc) is 2.29. The molecule has 0 aliphatic rings. The van der Waals surface area contributed by atoms with Crippen molar-refractivity contribution in [2.24, 2.45) is 0 Å². The Balaban J connectivity index is 2.44. The van der Waals surface area contributed by atoms with Gasteiger partial charge in [-0.25, -0.2) is 0 Å². The summed E-state index contributed by atoms with van der Waals surface area (Å²) in [5.41, 5.74) is 9.99. The molecule has 2 rings (SSSR count). The van der Waals surface area contributed by atoms with Crippen molar-refractivity contribution in [1.29, 1.82) is 0 Å². The van der Waals surface area contributed by atoms with Gasteiger partial charge in [0, 0.05) is 18.0 Å². The Morgan fingerprint density at radius 1 is 1.13 bits per heavy atom. The molecule has 0 unspecified atom stereocenters. The number of pyridine rings is 1. The topological polar surface area (TPSA) is 38.9 Å². The highest BCUT2D eigenvalue weighted by atomic mass is 14.7. The van der Waals surface area contributed by atoms with Crippen LogP contribution < -0.4 is 5.73 Å². The molecular weight excluding hydrogens is 184 g/mol. The summed E-state index contributed by atoms with van der Waals surface area (Å²) in [5, 5.41) is 0. The number of hydrogen-bond donors (Lipinski definition) is 1. The Kier molecular flexibility index (Phi) is 2.68. The van der Waals surface area contributed by atoms with Gasteiger partial charge in [0.05, 0.1) is 5.69 Å². The number of aromatic nitrogens is 1. The predicted molar refractivity (Wildman–Crippen MR) is 63.5 cm³/mol. The van der Waals surface area contributed by atoms with Crippen molar-refractivity contribution < 1.29 is 0 Å². The predicted octanol–water partition coefficient (Wildman–Crippen LogP) is 2.89. The third-order valence-electron chi connectivity index (χ3n) is 2.43. The van der Waals surface area contributed by atoms with Crippen LogP contribution in [0, 0.1) is 0 Å². The molecule has 0 bridgehead atoms. The number of anilines is 1. The molecule has 2 aromatic rings.